The molecular weight excluding hydrogens is 384 g/mol. The number of methoxy groups -OCH3 is 2. The maximum atomic E-state index is 12.5. The molecule has 0 heterocycles. The Balaban J connectivity index is 1.91. The fourth-order valence-corrected chi connectivity index (χ4v) is 3.74. The average molecular weight is 415 g/mol. The second kappa shape index (κ2) is 9.00. The predicted molar refractivity (Wildman–Crippen MR) is 105 cm³/mol. The highest BCUT2D eigenvalue weighted by Gasteiger charge is 2.34. The van der Waals surface area contributed by atoms with Gasteiger partial charge in [-0.3, -0.25) is 0 Å². The number of benzene rings is 1. The van der Waals surface area contributed by atoms with Crippen LogP contribution in [-0.2, 0) is 14.8 Å². The van der Waals surface area contributed by atoms with Crippen molar-refractivity contribution >= 4 is 16.1 Å². The van der Waals surface area contributed by atoms with E-state index in [0.717, 1.165) is 12.8 Å². The van der Waals surface area contributed by atoms with E-state index < -0.39 is 15.6 Å². The molecule has 1 saturated carbocycles. The number of nitrogens with one attached hydrogen (secondary N) is 1. The molecule has 0 atom stereocenters. The Morgan fingerprint density at radius 2 is 1.82 bits per heavy atom. The van der Waals surface area contributed by atoms with Crippen molar-refractivity contribution in [2.45, 2.75) is 56.6 Å². The largest absolute Gasteiger partial charge is 0.493 e. The van der Waals surface area contributed by atoms with E-state index in [1.54, 1.807) is 11.0 Å². The lowest BCUT2D eigenvalue weighted by molar-refractivity contribution is 0.0232. The number of rotatable bonds is 9. The minimum Gasteiger partial charge on any atom is -0.493 e. The summed E-state index contributed by atoms with van der Waals surface area (Å²) in [6.45, 7) is 6.13. The zero-order valence-electron chi connectivity index (χ0n) is 17.1. The normalized spacial score (nSPS) is 14.5. The topological polar surface area (TPSA) is 94.2 Å². The van der Waals surface area contributed by atoms with Crippen LogP contribution in [0.4, 0.5) is 4.79 Å². The highest BCUT2D eigenvalue weighted by molar-refractivity contribution is 7.89. The molecule has 0 bridgehead atoms. The standard InChI is InChI=1S/C19H30N2O6S/c1-19(2,3)27-18(22)21(14-7-8-14)12-6-11-20-28(23,24)15-9-10-16(25-4)17(13-15)26-5/h9-10,13-14,20H,6-8,11-12H2,1-5H3. The maximum Gasteiger partial charge on any atom is 0.410 e. The number of hydrogen-bond donors (Lipinski definition) is 1. The fraction of sp³-hybridized carbons (Fsp3) is 0.632. The molecule has 0 aliphatic heterocycles. The van der Waals surface area contributed by atoms with Gasteiger partial charge in [-0.25, -0.2) is 17.9 Å². The van der Waals surface area contributed by atoms with Crippen LogP contribution in [0.3, 0.4) is 0 Å². The molecule has 1 aromatic carbocycles. The molecular formula is C19H30N2O6S. The quantitative estimate of drug-likeness (QED) is 0.625. The summed E-state index contributed by atoms with van der Waals surface area (Å²) in [6.07, 6.45) is 2.05. The van der Waals surface area contributed by atoms with E-state index in [4.69, 9.17) is 14.2 Å². The first kappa shape index (κ1) is 22.3. The lowest BCUT2D eigenvalue weighted by Gasteiger charge is -2.27. The van der Waals surface area contributed by atoms with Crippen molar-refractivity contribution in [2.75, 3.05) is 27.3 Å². The summed E-state index contributed by atoms with van der Waals surface area (Å²) in [6, 6.07) is 4.61. The Morgan fingerprint density at radius 3 is 2.36 bits per heavy atom. The highest BCUT2D eigenvalue weighted by Crippen LogP contribution is 2.30. The number of hydrogen-bond acceptors (Lipinski definition) is 6. The van der Waals surface area contributed by atoms with Gasteiger partial charge in [0.25, 0.3) is 0 Å². The van der Waals surface area contributed by atoms with Crippen molar-refractivity contribution in [3.05, 3.63) is 18.2 Å². The van der Waals surface area contributed by atoms with Crippen LogP contribution in [0.2, 0.25) is 0 Å². The van der Waals surface area contributed by atoms with Crippen LogP contribution in [-0.4, -0.2) is 58.4 Å². The van der Waals surface area contributed by atoms with E-state index in [0.29, 0.717) is 24.5 Å². The summed E-state index contributed by atoms with van der Waals surface area (Å²) in [5.41, 5.74) is -0.556. The van der Waals surface area contributed by atoms with Gasteiger partial charge in [0.05, 0.1) is 19.1 Å². The first-order valence-electron chi connectivity index (χ1n) is 9.28. The number of carbonyl (C=O) groups excluding carboxylic acids is 1. The molecule has 1 aromatic rings. The Bertz CT molecular complexity index is 784. The summed E-state index contributed by atoms with van der Waals surface area (Å²) in [4.78, 5) is 14.1. The van der Waals surface area contributed by atoms with E-state index in [1.807, 2.05) is 20.8 Å². The molecule has 158 valence electrons. The van der Waals surface area contributed by atoms with Crippen LogP contribution in [0.15, 0.2) is 23.1 Å². The Morgan fingerprint density at radius 1 is 1.18 bits per heavy atom. The second-order valence-corrected chi connectivity index (χ2v) is 9.44. The number of sulfonamides is 1. The van der Waals surface area contributed by atoms with Crippen LogP contribution in [0.25, 0.3) is 0 Å². The molecule has 1 amide bonds. The molecule has 0 saturated heterocycles. The fourth-order valence-electron chi connectivity index (χ4n) is 2.65. The predicted octanol–water partition coefficient (Wildman–Crippen LogP) is 2.77. The van der Waals surface area contributed by atoms with Crippen LogP contribution in [0.1, 0.15) is 40.0 Å². The molecule has 1 fully saturated rings. The average Bonchev–Trinajstić information content (AvgIpc) is 3.44. The smallest absolute Gasteiger partial charge is 0.410 e. The molecule has 2 rings (SSSR count). The maximum absolute atomic E-state index is 12.5. The molecule has 0 spiro atoms. The zero-order chi connectivity index (χ0) is 20.9. The van der Waals surface area contributed by atoms with E-state index >= 15 is 0 Å². The van der Waals surface area contributed by atoms with Crippen molar-refractivity contribution in [2.24, 2.45) is 0 Å². The van der Waals surface area contributed by atoms with Gasteiger partial charge >= 0.3 is 6.09 Å². The lowest BCUT2D eigenvalue weighted by atomic mass is 10.2. The third-order valence-corrected chi connectivity index (χ3v) is 5.61. The molecule has 0 aromatic heterocycles. The van der Waals surface area contributed by atoms with Crippen molar-refractivity contribution in [1.82, 2.24) is 9.62 Å². The first-order chi connectivity index (χ1) is 13.1. The van der Waals surface area contributed by atoms with Crippen molar-refractivity contribution in [1.29, 1.82) is 0 Å². The van der Waals surface area contributed by atoms with Crippen LogP contribution in [0, 0.1) is 0 Å². The molecule has 28 heavy (non-hydrogen) atoms. The number of nitrogens with zero attached hydrogens (tertiary/aromatic N) is 1. The SMILES string of the molecule is COc1ccc(S(=O)(=O)NCCCN(C(=O)OC(C)(C)C)C2CC2)cc1OC. The van der Waals surface area contributed by atoms with E-state index in [-0.39, 0.29) is 23.6 Å². The van der Waals surface area contributed by atoms with Gasteiger partial charge in [0, 0.05) is 25.2 Å². The second-order valence-electron chi connectivity index (χ2n) is 7.67. The minimum atomic E-state index is -3.69. The third-order valence-electron chi connectivity index (χ3n) is 4.15. The van der Waals surface area contributed by atoms with Crippen LogP contribution >= 0.6 is 0 Å². The van der Waals surface area contributed by atoms with E-state index in [1.165, 1.54) is 26.4 Å². The molecule has 8 nitrogen and oxygen atoms in total. The molecule has 0 unspecified atom stereocenters. The Kier molecular flexibility index (Phi) is 7.16. The summed E-state index contributed by atoms with van der Waals surface area (Å²) in [5, 5.41) is 0. The Labute approximate surface area is 167 Å². The zero-order valence-corrected chi connectivity index (χ0v) is 18.0. The first-order valence-corrected chi connectivity index (χ1v) is 10.8. The van der Waals surface area contributed by atoms with Crippen molar-refractivity contribution in [3.63, 3.8) is 0 Å². The van der Waals surface area contributed by atoms with E-state index in [9.17, 15) is 13.2 Å². The number of carbonyl (C=O) groups is 1. The lowest BCUT2D eigenvalue weighted by Crippen LogP contribution is -2.39. The van der Waals surface area contributed by atoms with Crippen LogP contribution < -0.4 is 14.2 Å². The van der Waals surface area contributed by atoms with E-state index in [2.05, 4.69) is 4.72 Å². The monoisotopic (exact) mass is 414 g/mol. The van der Waals surface area contributed by atoms with Gasteiger partial charge in [0.15, 0.2) is 11.5 Å². The molecule has 1 aliphatic rings. The van der Waals surface area contributed by atoms with Crippen molar-refractivity contribution < 1.29 is 27.4 Å². The van der Waals surface area contributed by atoms with Gasteiger partial charge in [-0.2, -0.15) is 0 Å². The molecule has 0 radical (unpaired) electrons. The summed E-state index contributed by atoms with van der Waals surface area (Å²) in [7, 11) is -0.754. The van der Waals surface area contributed by atoms with Crippen LogP contribution in [0.5, 0.6) is 11.5 Å². The van der Waals surface area contributed by atoms with Gasteiger partial charge in [0.2, 0.25) is 10.0 Å². The number of amides is 1. The van der Waals surface area contributed by atoms with Gasteiger partial charge < -0.3 is 19.1 Å². The van der Waals surface area contributed by atoms with Crippen molar-refractivity contribution in [3.8, 4) is 11.5 Å². The van der Waals surface area contributed by atoms with Gasteiger partial charge in [-0.05, 0) is 52.2 Å². The highest BCUT2D eigenvalue weighted by atomic mass is 32.2. The Hall–Kier alpha value is -2.00. The van der Waals surface area contributed by atoms with Gasteiger partial charge in [0.1, 0.15) is 5.60 Å². The summed E-state index contributed by atoms with van der Waals surface area (Å²) >= 11 is 0. The molecule has 1 aliphatic carbocycles. The molecule has 9 heteroatoms. The minimum absolute atomic E-state index is 0.0938. The molecule has 1 N–H and O–H groups in total. The van der Waals surface area contributed by atoms with Gasteiger partial charge in [-0.15, -0.1) is 0 Å². The summed E-state index contributed by atoms with van der Waals surface area (Å²) in [5.74, 6) is 0.800. The third kappa shape index (κ3) is 6.27. The summed E-state index contributed by atoms with van der Waals surface area (Å²) < 4.78 is 43.3. The number of ether oxygens (including phenoxy) is 3. The van der Waals surface area contributed by atoms with Gasteiger partial charge in [-0.1, -0.05) is 0 Å².